The standard InChI is InChI=1S/C16H25BrN2S/c1-11(2)20(12(3)4,13(5)6)10-9-15-14(17)7-8-16(18)19-15/h7-8,11-13H,1-6H3,(H2,18,19). The Bertz CT molecular complexity index is 505. The molecule has 0 aliphatic heterocycles. The number of halogens is 1. The summed E-state index contributed by atoms with van der Waals surface area (Å²) in [5.41, 5.74) is 6.49. The van der Waals surface area contributed by atoms with E-state index in [0.29, 0.717) is 21.6 Å². The van der Waals surface area contributed by atoms with Crippen molar-refractivity contribution in [1.29, 1.82) is 0 Å². The van der Waals surface area contributed by atoms with Gasteiger partial charge in [-0.15, -0.1) is 0 Å². The van der Waals surface area contributed by atoms with Gasteiger partial charge in [-0.3, -0.25) is 0 Å². The van der Waals surface area contributed by atoms with Crippen molar-refractivity contribution >= 4 is 31.8 Å². The first-order valence-corrected chi connectivity index (χ1v) is 9.58. The molecule has 0 aromatic carbocycles. The lowest BCUT2D eigenvalue weighted by atomic mass is 10.3. The summed E-state index contributed by atoms with van der Waals surface area (Å²) < 4.78 is 0.906. The molecule has 0 atom stereocenters. The third-order valence-electron chi connectivity index (χ3n) is 3.55. The van der Waals surface area contributed by atoms with Crippen molar-refractivity contribution in [3.8, 4) is 11.2 Å². The number of nitrogens with zero attached hydrogens (tertiary/aromatic N) is 1. The number of hydrogen-bond acceptors (Lipinski definition) is 2. The molecule has 2 N–H and O–H groups in total. The first-order chi connectivity index (χ1) is 9.21. The van der Waals surface area contributed by atoms with E-state index in [2.05, 4.69) is 73.6 Å². The zero-order valence-electron chi connectivity index (χ0n) is 13.2. The van der Waals surface area contributed by atoms with E-state index in [4.69, 9.17) is 5.73 Å². The number of hydrogen-bond donors (Lipinski definition) is 1. The summed E-state index contributed by atoms with van der Waals surface area (Å²) in [4.78, 5) is 4.32. The van der Waals surface area contributed by atoms with E-state index in [1.165, 1.54) is 0 Å². The molecule has 0 bridgehead atoms. The zero-order chi connectivity index (χ0) is 15.5. The Labute approximate surface area is 133 Å². The Morgan fingerprint density at radius 2 is 1.55 bits per heavy atom. The Hall–Kier alpha value is -0.660. The van der Waals surface area contributed by atoms with Gasteiger partial charge in [0.1, 0.15) is 11.5 Å². The molecule has 4 heteroatoms. The van der Waals surface area contributed by atoms with Crippen LogP contribution >= 0.6 is 26.0 Å². The Morgan fingerprint density at radius 3 is 2.00 bits per heavy atom. The minimum absolute atomic E-state index is 0.511. The minimum atomic E-state index is -1.04. The number of nitrogens with two attached hydrogens (primary N) is 1. The highest BCUT2D eigenvalue weighted by molar-refractivity contribution is 9.10. The molecule has 2 nitrogen and oxygen atoms in total. The van der Waals surface area contributed by atoms with Gasteiger partial charge in [-0.05, 0) is 55.0 Å². The third-order valence-corrected chi connectivity index (χ3v) is 9.33. The van der Waals surface area contributed by atoms with Gasteiger partial charge < -0.3 is 5.73 Å². The lowest BCUT2D eigenvalue weighted by molar-refractivity contribution is 0.959. The first-order valence-electron chi connectivity index (χ1n) is 6.96. The summed E-state index contributed by atoms with van der Waals surface area (Å²) in [6.45, 7) is 13.7. The molecule has 1 heterocycles. The molecule has 0 spiro atoms. The van der Waals surface area contributed by atoms with Crippen molar-refractivity contribution in [2.45, 2.75) is 57.3 Å². The summed E-state index contributed by atoms with van der Waals surface area (Å²) in [6.07, 6.45) is 0. The van der Waals surface area contributed by atoms with Gasteiger partial charge >= 0.3 is 0 Å². The molecule has 0 radical (unpaired) electrons. The number of rotatable bonds is 3. The molecule has 0 unspecified atom stereocenters. The molecule has 1 rings (SSSR count). The third kappa shape index (κ3) is 3.51. The van der Waals surface area contributed by atoms with Crippen molar-refractivity contribution in [3.05, 3.63) is 22.3 Å². The van der Waals surface area contributed by atoms with Gasteiger partial charge in [-0.1, -0.05) is 41.5 Å². The second kappa shape index (κ2) is 6.87. The van der Waals surface area contributed by atoms with Crippen LogP contribution in [0.1, 0.15) is 47.2 Å². The molecule has 0 amide bonds. The van der Waals surface area contributed by atoms with Gasteiger partial charge in [-0.25, -0.2) is 4.98 Å². The molecule has 0 saturated carbocycles. The van der Waals surface area contributed by atoms with Crippen molar-refractivity contribution in [1.82, 2.24) is 4.98 Å². The largest absolute Gasteiger partial charge is 0.384 e. The van der Waals surface area contributed by atoms with Crippen LogP contribution in [-0.4, -0.2) is 20.7 Å². The second-order valence-electron chi connectivity index (χ2n) is 5.70. The SMILES string of the molecule is CC(C)S(C#Cc1nc(N)ccc1Br)(C(C)C)C(C)C. The molecule has 0 aliphatic rings. The van der Waals surface area contributed by atoms with Crippen molar-refractivity contribution in [3.63, 3.8) is 0 Å². The fraction of sp³-hybridized carbons (Fsp3) is 0.562. The first kappa shape index (κ1) is 17.4. The highest BCUT2D eigenvalue weighted by Gasteiger charge is 2.33. The summed E-state index contributed by atoms with van der Waals surface area (Å²) in [6, 6.07) is 3.69. The van der Waals surface area contributed by atoms with Gasteiger partial charge in [0, 0.05) is 0 Å². The summed E-state index contributed by atoms with van der Waals surface area (Å²) in [5, 5.41) is 5.30. The molecule has 1 aromatic heterocycles. The molecular formula is C16H25BrN2S. The summed E-state index contributed by atoms with van der Waals surface area (Å²) in [7, 11) is -1.04. The number of anilines is 1. The van der Waals surface area contributed by atoms with E-state index in [0.717, 1.165) is 10.2 Å². The quantitative estimate of drug-likeness (QED) is 0.792. The topological polar surface area (TPSA) is 38.9 Å². The molecule has 0 aliphatic carbocycles. The van der Waals surface area contributed by atoms with Crippen LogP contribution in [0.25, 0.3) is 0 Å². The molecule has 0 saturated heterocycles. The summed E-state index contributed by atoms with van der Waals surface area (Å²) in [5.74, 6) is 3.80. The second-order valence-corrected chi connectivity index (χ2v) is 11.1. The van der Waals surface area contributed by atoms with Gasteiger partial charge in [0.05, 0.1) is 4.47 Å². The minimum Gasteiger partial charge on any atom is -0.384 e. The average Bonchev–Trinajstić information content (AvgIpc) is 2.32. The Balaban J connectivity index is 3.34. The predicted octanol–water partition coefficient (Wildman–Crippen LogP) is 4.77. The van der Waals surface area contributed by atoms with Crippen LogP contribution < -0.4 is 5.73 Å². The van der Waals surface area contributed by atoms with Crippen LogP contribution in [0.2, 0.25) is 0 Å². The number of pyridine rings is 1. The zero-order valence-corrected chi connectivity index (χ0v) is 15.6. The van der Waals surface area contributed by atoms with Crippen LogP contribution in [0.3, 0.4) is 0 Å². The van der Waals surface area contributed by atoms with E-state index < -0.39 is 10.0 Å². The van der Waals surface area contributed by atoms with Crippen molar-refractivity contribution in [2.75, 3.05) is 5.73 Å². The summed E-state index contributed by atoms with van der Waals surface area (Å²) >= 11 is 3.50. The number of aromatic nitrogens is 1. The maximum absolute atomic E-state index is 5.75. The van der Waals surface area contributed by atoms with Gasteiger partial charge in [-0.2, -0.15) is 10.0 Å². The van der Waals surface area contributed by atoms with Crippen LogP contribution in [0.5, 0.6) is 0 Å². The molecule has 0 fully saturated rings. The monoisotopic (exact) mass is 356 g/mol. The normalized spacial score (nSPS) is 12.7. The fourth-order valence-corrected chi connectivity index (χ4v) is 7.23. The van der Waals surface area contributed by atoms with Crippen LogP contribution in [0.4, 0.5) is 5.82 Å². The van der Waals surface area contributed by atoms with Crippen LogP contribution in [0.15, 0.2) is 16.6 Å². The van der Waals surface area contributed by atoms with Gasteiger partial charge in [0.2, 0.25) is 0 Å². The van der Waals surface area contributed by atoms with Crippen LogP contribution in [-0.2, 0) is 0 Å². The molecule has 112 valence electrons. The highest BCUT2D eigenvalue weighted by atomic mass is 79.9. The maximum Gasteiger partial charge on any atom is 0.130 e. The fourth-order valence-electron chi connectivity index (χ4n) is 2.67. The van der Waals surface area contributed by atoms with Crippen molar-refractivity contribution in [2.24, 2.45) is 0 Å². The Morgan fingerprint density at radius 1 is 1.05 bits per heavy atom. The maximum atomic E-state index is 5.75. The Kier molecular flexibility index (Phi) is 5.97. The van der Waals surface area contributed by atoms with E-state index in [-0.39, 0.29) is 0 Å². The molecule has 1 aromatic rings. The lowest BCUT2D eigenvalue weighted by Crippen LogP contribution is -2.27. The number of nitrogen functional groups attached to an aromatic ring is 1. The van der Waals surface area contributed by atoms with Gasteiger partial charge in [0.15, 0.2) is 0 Å². The lowest BCUT2D eigenvalue weighted by Gasteiger charge is -2.46. The molecular weight excluding hydrogens is 332 g/mol. The average molecular weight is 357 g/mol. The van der Waals surface area contributed by atoms with Crippen LogP contribution in [0, 0.1) is 11.2 Å². The van der Waals surface area contributed by atoms with E-state index in [1.54, 1.807) is 6.07 Å². The van der Waals surface area contributed by atoms with E-state index >= 15 is 0 Å². The van der Waals surface area contributed by atoms with E-state index in [1.807, 2.05) is 6.07 Å². The van der Waals surface area contributed by atoms with E-state index in [9.17, 15) is 0 Å². The predicted molar refractivity (Wildman–Crippen MR) is 96.2 cm³/mol. The molecule has 20 heavy (non-hydrogen) atoms. The van der Waals surface area contributed by atoms with Gasteiger partial charge in [0.25, 0.3) is 0 Å². The smallest absolute Gasteiger partial charge is 0.130 e. The highest BCUT2D eigenvalue weighted by Crippen LogP contribution is 2.59. The van der Waals surface area contributed by atoms with Crippen molar-refractivity contribution < 1.29 is 0 Å².